The van der Waals surface area contributed by atoms with Gasteiger partial charge in [-0.25, -0.2) is 0 Å². The van der Waals surface area contributed by atoms with E-state index in [1.165, 1.54) is 0 Å². The van der Waals surface area contributed by atoms with Crippen LogP contribution in [-0.4, -0.2) is 23.9 Å². The molecule has 5 nitrogen and oxygen atoms in total. The molecule has 0 fully saturated rings. The van der Waals surface area contributed by atoms with Crippen molar-refractivity contribution in [3.8, 4) is 0 Å². The zero-order chi connectivity index (χ0) is 12.1. The van der Waals surface area contributed by atoms with Crippen molar-refractivity contribution >= 4 is 23.5 Å². The fraction of sp³-hybridized carbons (Fsp3) is 0.200. The molecule has 5 N–H and O–H groups in total. The minimum atomic E-state index is -0.122. The smallest absolute Gasteiger partial charge is 0.221 e. The summed E-state index contributed by atoms with van der Waals surface area (Å²) in [4.78, 5) is 5.26. The molecule has 0 spiro atoms. The van der Waals surface area contributed by atoms with Crippen LogP contribution in [0.4, 0.5) is 0 Å². The molecular weight excluding hydrogens is 226 g/mol. The lowest BCUT2D eigenvalue weighted by atomic mass is 10.2. The van der Waals surface area contributed by atoms with E-state index in [0.717, 1.165) is 5.56 Å². The molecule has 0 aromatic heterocycles. The number of guanidine groups is 2. The van der Waals surface area contributed by atoms with E-state index >= 15 is 0 Å². The summed E-state index contributed by atoms with van der Waals surface area (Å²) in [7, 11) is 1.73. The molecule has 0 unspecified atom stereocenters. The van der Waals surface area contributed by atoms with E-state index in [2.05, 4.69) is 4.99 Å². The number of aliphatic imine (C=N–C) groups is 1. The molecule has 0 saturated carbocycles. The summed E-state index contributed by atoms with van der Waals surface area (Å²) in [5.41, 5.74) is 11.4. The second kappa shape index (κ2) is 5.37. The van der Waals surface area contributed by atoms with Gasteiger partial charge in [0.05, 0.1) is 0 Å². The average molecular weight is 240 g/mol. The Balaban J connectivity index is 2.68. The van der Waals surface area contributed by atoms with Gasteiger partial charge in [0.25, 0.3) is 0 Å². The average Bonchev–Trinajstić information content (AvgIpc) is 2.16. The Morgan fingerprint density at radius 3 is 2.75 bits per heavy atom. The van der Waals surface area contributed by atoms with Gasteiger partial charge in [0, 0.05) is 18.6 Å². The zero-order valence-corrected chi connectivity index (χ0v) is 9.70. The molecule has 0 aliphatic carbocycles. The molecular formula is C10H14ClN5. The van der Waals surface area contributed by atoms with E-state index in [4.69, 9.17) is 28.5 Å². The Kier molecular flexibility index (Phi) is 4.13. The first kappa shape index (κ1) is 12.3. The number of nitrogens with one attached hydrogen (secondary N) is 1. The van der Waals surface area contributed by atoms with E-state index in [1.54, 1.807) is 18.0 Å². The van der Waals surface area contributed by atoms with Crippen LogP contribution in [0.2, 0.25) is 5.02 Å². The summed E-state index contributed by atoms with van der Waals surface area (Å²) >= 11 is 5.85. The van der Waals surface area contributed by atoms with Crippen molar-refractivity contribution in [2.75, 3.05) is 7.05 Å². The van der Waals surface area contributed by atoms with Crippen molar-refractivity contribution in [3.63, 3.8) is 0 Å². The summed E-state index contributed by atoms with van der Waals surface area (Å²) < 4.78 is 0. The van der Waals surface area contributed by atoms with Crippen molar-refractivity contribution in [2.45, 2.75) is 6.54 Å². The van der Waals surface area contributed by atoms with Gasteiger partial charge >= 0.3 is 0 Å². The van der Waals surface area contributed by atoms with E-state index in [-0.39, 0.29) is 11.9 Å². The fourth-order valence-electron chi connectivity index (χ4n) is 1.19. The molecule has 0 atom stereocenters. The van der Waals surface area contributed by atoms with Crippen LogP contribution in [0.25, 0.3) is 0 Å². The van der Waals surface area contributed by atoms with Crippen LogP contribution in [0.5, 0.6) is 0 Å². The summed E-state index contributed by atoms with van der Waals surface area (Å²) in [6, 6.07) is 7.41. The topological polar surface area (TPSA) is 91.5 Å². The molecule has 86 valence electrons. The molecule has 16 heavy (non-hydrogen) atoms. The normalized spacial score (nSPS) is 9.62. The van der Waals surface area contributed by atoms with Crippen LogP contribution < -0.4 is 11.5 Å². The number of hydrogen-bond donors (Lipinski definition) is 3. The number of rotatable bonds is 2. The first-order valence-electron chi connectivity index (χ1n) is 4.63. The molecule has 6 heteroatoms. The van der Waals surface area contributed by atoms with Crippen LogP contribution >= 0.6 is 11.6 Å². The van der Waals surface area contributed by atoms with Crippen molar-refractivity contribution in [2.24, 2.45) is 16.5 Å². The Morgan fingerprint density at radius 2 is 2.19 bits per heavy atom. The van der Waals surface area contributed by atoms with Gasteiger partial charge in [-0.3, -0.25) is 5.41 Å². The Hall–Kier alpha value is -1.75. The van der Waals surface area contributed by atoms with Crippen LogP contribution in [0, 0.1) is 5.41 Å². The summed E-state index contributed by atoms with van der Waals surface area (Å²) in [5, 5.41) is 8.24. The van der Waals surface area contributed by atoms with Crippen molar-refractivity contribution in [1.82, 2.24) is 4.90 Å². The highest BCUT2D eigenvalue weighted by Gasteiger charge is 2.04. The summed E-state index contributed by atoms with van der Waals surface area (Å²) in [5.74, 6) is -0.108. The first-order valence-corrected chi connectivity index (χ1v) is 5.00. The maximum absolute atomic E-state index is 7.57. The molecule has 0 amide bonds. The van der Waals surface area contributed by atoms with Crippen LogP contribution in [-0.2, 0) is 6.54 Å². The molecule has 0 aliphatic rings. The lowest BCUT2D eigenvalue weighted by molar-refractivity contribution is 0.491. The van der Waals surface area contributed by atoms with E-state index < -0.39 is 0 Å². The molecule has 1 aromatic carbocycles. The molecule has 0 radical (unpaired) electrons. The number of benzene rings is 1. The molecule has 1 rings (SSSR count). The van der Waals surface area contributed by atoms with Crippen molar-refractivity contribution < 1.29 is 0 Å². The highest BCUT2D eigenvalue weighted by atomic mass is 35.5. The predicted molar refractivity (Wildman–Crippen MR) is 66.5 cm³/mol. The SMILES string of the molecule is CN(Cc1cccc(Cl)c1)C(=N)N=C(N)N. The van der Waals surface area contributed by atoms with Gasteiger partial charge in [0.1, 0.15) is 0 Å². The van der Waals surface area contributed by atoms with Crippen LogP contribution in [0.15, 0.2) is 29.3 Å². The quantitative estimate of drug-likeness (QED) is 0.531. The van der Waals surface area contributed by atoms with Crippen LogP contribution in [0.3, 0.4) is 0 Å². The third kappa shape index (κ3) is 3.78. The highest BCUT2D eigenvalue weighted by Crippen LogP contribution is 2.12. The molecule has 0 saturated heterocycles. The van der Waals surface area contributed by atoms with Gasteiger partial charge < -0.3 is 16.4 Å². The minimum absolute atomic E-state index is 0.0139. The largest absolute Gasteiger partial charge is 0.370 e. The van der Waals surface area contributed by atoms with Crippen LogP contribution in [0.1, 0.15) is 5.56 Å². The van der Waals surface area contributed by atoms with Gasteiger partial charge in [-0.2, -0.15) is 4.99 Å². The van der Waals surface area contributed by atoms with Gasteiger partial charge in [-0.1, -0.05) is 23.7 Å². The number of halogens is 1. The highest BCUT2D eigenvalue weighted by molar-refractivity contribution is 6.30. The first-order chi connectivity index (χ1) is 7.49. The van der Waals surface area contributed by atoms with Gasteiger partial charge in [0.15, 0.2) is 5.96 Å². The standard InChI is InChI=1S/C10H14ClN5/c1-16(10(14)15-9(12)13)6-7-3-2-4-8(11)5-7/h2-5H,6H2,1H3,(H5,12,13,14,15). The number of nitrogens with two attached hydrogens (primary N) is 2. The van der Waals surface area contributed by atoms with Crippen molar-refractivity contribution in [1.29, 1.82) is 5.41 Å². The lowest BCUT2D eigenvalue weighted by Gasteiger charge is -2.16. The number of hydrogen-bond acceptors (Lipinski definition) is 1. The maximum Gasteiger partial charge on any atom is 0.221 e. The Morgan fingerprint density at radius 1 is 1.50 bits per heavy atom. The van der Waals surface area contributed by atoms with Gasteiger partial charge in [-0.05, 0) is 17.7 Å². The van der Waals surface area contributed by atoms with E-state index in [1.807, 2.05) is 18.2 Å². The fourth-order valence-corrected chi connectivity index (χ4v) is 1.40. The van der Waals surface area contributed by atoms with E-state index in [0.29, 0.717) is 11.6 Å². The second-order valence-electron chi connectivity index (χ2n) is 3.35. The Labute approximate surface area is 99.2 Å². The third-order valence-corrected chi connectivity index (χ3v) is 2.14. The minimum Gasteiger partial charge on any atom is -0.370 e. The molecule has 0 heterocycles. The maximum atomic E-state index is 7.57. The predicted octanol–water partition coefficient (Wildman–Crippen LogP) is 0.980. The number of nitrogens with zero attached hydrogens (tertiary/aromatic N) is 2. The van der Waals surface area contributed by atoms with E-state index in [9.17, 15) is 0 Å². The lowest BCUT2D eigenvalue weighted by Crippen LogP contribution is -2.30. The molecule has 0 bridgehead atoms. The summed E-state index contributed by atoms with van der Waals surface area (Å²) in [6.07, 6.45) is 0. The van der Waals surface area contributed by atoms with Gasteiger partial charge in [0.2, 0.25) is 5.96 Å². The van der Waals surface area contributed by atoms with Gasteiger partial charge in [-0.15, -0.1) is 0 Å². The zero-order valence-electron chi connectivity index (χ0n) is 8.94. The molecule has 1 aromatic rings. The van der Waals surface area contributed by atoms with Crippen molar-refractivity contribution in [3.05, 3.63) is 34.9 Å². The monoisotopic (exact) mass is 239 g/mol. The second-order valence-corrected chi connectivity index (χ2v) is 3.78. The third-order valence-electron chi connectivity index (χ3n) is 1.91. The Bertz CT molecular complexity index is 411. The summed E-state index contributed by atoms with van der Waals surface area (Å²) in [6.45, 7) is 0.524. The molecule has 0 aliphatic heterocycles.